The van der Waals surface area contributed by atoms with Crippen LogP contribution in [-0.2, 0) is 5.41 Å². The molecule has 0 amide bonds. The number of anilines is 3. The molecular weight excluding hydrogens is 803 g/mol. The summed E-state index contributed by atoms with van der Waals surface area (Å²) in [6.45, 7) is 0. The molecule has 0 atom stereocenters. The van der Waals surface area contributed by atoms with Crippen LogP contribution in [0.25, 0.3) is 75.1 Å². The molecule has 1 aliphatic carbocycles. The quantitative estimate of drug-likeness (QED) is 0.154. The summed E-state index contributed by atoms with van der Waals surface area (Å²) < 4.78 is 2.60. The van der Waals surface area contributed by atoms with E-state index in [1.807, 2.05) is 11.3 Å². The molecule has 0 spiro atoms. The molecule has 65 heavy (non-hydrogen) atoms. The van der Waals surface area contributed by atoms with E-state index in [-0.39, 0.29) is 0 Å². The van der Waals surface area contributed by atoms with Crippen LogP contribution in [0.3, 0.4) is 0 Å². The van der Waals surface area contributed by atoms with E-state index in [4.69, 9.17) is 0 Å². The third-order valence-corrected chi connectivity index (χ3v) is 14.9. The normalized spacial score (nSPS) is 12.7. The average Bonchev–Trinajstić information content (AvgIpc) is 3.90. The summed E-state index contributed by atoms with van der Waals surface area (Å²) in [5.74, 6) is 0. The van der Waals surface area contributed by atoms with Gasteiger partial charge in [0.15, 0.2) is 0 Å². The summed E-state index contributed by atoms with van der Waals surface area (Å²) in [7, 11) is 0. The van der Waals surface area contributed by atoms with Crippen molar-refractivity contribution >= 4 is 70.1 Å². The largest absolute Gasteiger partial charge is 0.310 e. The molecule has 1 nitrogen and oxygen atoms in total. The Bertz CT molecular complexity index is 3730. The highest BCUT2D eigenvalue weighted by Crippen LogP contribution is 2.57. The van der Waals surface area contributed by atoms with E-state index < -0.39 is 5.41 Å². The third kappa shape index (κ3) is 5.85. The fourth-order valence-corrected chi connectivity index (χ4v) is 12.0. The third-order valence-electron chi connectivity index (χ3n) is 13.8. The zero-order valence-electron chi connectivity index (χ0n) is 35.5. The monoisotopic (exact) mass is 843 g/mol. The Morgan fingerprint density at radius 2 is 0.800 bits per heavy atom. The second-order valence-corrected chi connectivity index (χ2v) is 18.2. The first kappa shape index (κ1) is 37.5. The van der Waals surface area contributed by atoms with Crippen molar-refractivity contribution in [2.75, 3.05) is 4.90 Å². The second kappa shape index (κ2) is 15.1. The molecule has 12 aromatic rings. The van der Waals surface area contributed by atoms with Crippen molar-refractivity contribution in [2.45, 2.75) is 5.41 Å². The molecule has 1 heterocycles. The van der Waals surface area contributed by atoms with E-state index in [1.54, 1.807) is 0 Å². The van der Waals surface area contributed by atoms with Gasteiger partial charge in [0.25, 0.3) is 0 Å². The van der Waals surface area contributed by atoms with Crippen LogP contribution < -0.4 is 4.90 Å². The molecule has 0 bridgehead atoms. The Morgan fingerprint density at radius 1 is 0.292 bits per heavy atom. The van der Waals surface area contributed by atoms with Crippen LogP contribution in [0.2, 0.25) is 0 Å². The number of fused-ring (bicyclic) bond motifs is 8. The first-order valence-electron chi connectivity index (χ1n) is 22.4. The van der Waals surface area contributed by atoms with Gasteiger partial charge in [-0.25, -0.2) is 0 Å². The molecule has 304 valence electrons. The van der Waals surface area contributed by atoms with Crippen molar-refractivity contribution in [2.24, 2.45) is 0 Å². The van der Waals surface area contributed by atoms with Crippen LogP contribution >= 0.6 is 11.3 Å². The smallest absolute Gasteiger partial charge is 0.0714 e. The summed E-state index contributed by atoms with van der Waals surface area (Å²) >= 11 is 1.86. The minimum atomic E-state index is -0.507. The molecule has 2 heteroatoms. The van der Waals surface area contributed by atoms with E-state index in [1.165, 1.54) is 97.4 Å². The van der Waals surface area contributed by atoms with Gasteiger partial charge in [-0.3, -0.25) is 0 Å². The summed E-state index contributed by atoms with van der Waals surface area (Å²) in [5.41, 5.74) is 15.4. The van der Waals surface area contributed by atoms with Crippen LogP contribution in [0.1, 0.15) is 22.3 Å². The lowest BCUT2D eigenvalue weighted by Gasteiger charge is -2.35. The van der Waals surface area contributed by atoms with Gasteiger partial charge in [0.2, 0.25) is 0 Å². The summed E-state index contributed by atoms with van der Waals surface area (Å²) in [5, 5.41) is 7.59. The van der Waals surface area contributed by atoms with Crippen LogP contribution in [0.4, 0.5) is 17.1 Å². The second-order valence-electron chi connectivity index (χ2n) is 17.2. The molecule has 11 aromatic carbocycles. The van der Waals surface area contributed by atoms with E-state index in [0.717, 1.165) is 17.1 Å². The molecule has 13 rings (SSSR count). The topological polar surface area (TPSA) is 3.24 Å². The van der Waals surface area contributed by atoms with Gasteiger partial charge < -0.3 is 4.90 Å². The van der Waals surface area contributed by atoms with Crippen molar-refractivity contribution in [1.29, 1.82) is 0 Å². The minimum absolute atomic E-state index is 0.507. The van der Waals surface area contributed by atoms with Crippen molar-refractivity contribution in [3.63, 3.8) is 0 Å². The van der Waals surface area contributed by atoms with Gasteiger partial charge in [-0.15, -0.1) is 11.3 Å². The van der Waals surface area contributed by atoms with Crippen LogP contribution in [0, 0.1) is 0 Å². The summed E-state index contributed by atoms with van der Waals surface area (Å²) in [6, 6.07) is 92.2. The van der Waals surface area contributed by atoms with Gasteiger partial charge in [-0.1, -0.05) is 200 Å². The molecule has 0 saturated carbocycles. The number of benzene rings is 11. The first-order valence-corrected chi connectivity index (χ1v) is 23.2. The molecule has 0 radical (unpaired) electrons. The summed E-state index contributed by atoms with van der Waals surface area (Å²) in [4.78, 5) is 2.46. The Morgan fingerprint density at radius 3 is 1.58 bits per heavy atom. The highest BCUT2D eigenvalue weighted by molar-refractivity contribution is 7.25. The number of hydrogen-bond donors (Lipinski definition) is 0. The van der Waals surface area contributed by atoms with Crippen LogP contribution in [-0.4, -0.2) is 0 Å². The van der Waals surface area contributed by atoms with Gasteiger partial charge in [-0.2, -0.15) is 0 Å². The van der Waals surface area contributed by atoms with Gasteiger partial charge in [-0.05, 0) is 126 Å². The van der Waals surface area contributed by atoms with Gasteiger partial charge in [0, 0.05) is 37.2 Å². The number of hydrogen-bond acceptors (Lipinski definition) is 2. The van der Waals surface area contributed by atoms with Crippen molar-refractivity contribution < 1.29 is 0 Å². The fraction of sp³-hybridized carbons (Fsp3) is 0.0159. The molecule has 0 N–H and O–H groups in total. The Kier molecular flexibility index (Phi) is 8.69. The Balaban J connectivity index is 0.999. The zero-order valence-corrected chi connectivity index (χ0v) is 36.3. The van der Waals surface area contributed by atoms with Gasteiger partial charge in [0.05, 0.1) is 5.41 Å². The summed E-state index contributed by atoms with van der Waals surface area (Å²) in [6.07, 6.45) is 0. The van der Waals surface area contributed by atoms with Gasteiger partial charge in [0.1, 0.15) is 0 Å². The van der Waals surface area contributed by atoms with E-state index >= 15 is 0 Å². The lowest BCUT2D eigenvalue weighted by atomic mass is 9.67. The lowest BCUT2D eigenvalue weighted by molar-refractivity contribution is 0.768. The average molecular weight is 844 g/mol. The molecule has 1 aliphatic rings. The highest BCUT2D eigenvalue weighted by atomic mass is 32.1. The van der Waals surface area contributed by atoms with Gasteiger partial charge >= 0.3 is 0 Å². The van der Waals surface area contributed by atoms with Crippen molar-refractivity contribution in [1.82, 2.24) is 0 Å². The maximum absolute atomic E-state index is 2.47. The number of nitrogens with zero attached hydrogens (tertiary/aromatic N) is 1. The zero-order chi connectivity index (χ0) is 42.9. The maximum Gasteiger partial charge on any atom is 0.0714 e. The van der Waals surface area contributed by atoms with Crippen molar-refractivity contribution in [3.05, 3.63) is 271 Å². The maximum atomic E-state index is 2.47. The number of thiophene rings is 1. The molecule has 0 saturated heterocycles. The molecule has 1 aromatic heterocycles. The fourth-order valence-electron chi connectivity index (χ4n) is 10.9. The molecular formula is C63H41NS. The SMILES string of the molecule is c1ccc(C2(c3ccccc3)c3ccccc3-c3ccc(N(c4ccc(-c5cccc6c(-c7cccc8ccccc78)cccc56)cc4)c4ccc5sc6ccccc6c5c4)cc32)cc1. The molecule has 0 aliphatic heterocycles. The van der Waals surface area contributed by atoms with Crippen LogP contribution in [0.5, 0.6) is 0 Å². The first-order chi connectivity index (χ1) is 32.2. The Labute approximate surface area is 382 Å². The van der Waals surface area contributed by atoms with E-state index in [2.05, 4.69) is 254 Å². The lowest BCUT2D eigenvalue weighted by Crippen LogP contribution is -2.28. The molecule has 0 unspecified atom stereocenters. The molecule has 0 fully saturated rings. The Hall–Kier alpha value is -8.04. The van der Waals surface area contributed by atoms with E-state index in [0.29, 0.717) is 0 Å². The van der Waals surface area contributed by atoms with Crippen LogP contribution in [0.15, 0.2) is 249 Å². The van der Waals surface area contributed by atoms with E-state index in [9.17, 15) is 0 Å². The van der Waals surface area contributed by atoms with Crippen molar-refractivity contribution in [3.8, 4) is 33.4 Å². The standard InChI is InChI=1S/C63H41NS/c1-3-18-44(19-4-1)63(45-20-5-2-6-21-45)59-30-11-9-23-55(59)56-38-36-48(41-60(56)63)64(47-37-39-62-58(40-47)57-24-10-12-31-61(57)65-62)46-34-32-43(33-35-46)50-25-14-28-53-52(50)27-15-29-54(53)51-26-13-17-42-16-7-8-22-49(42)51/h1-41H. The minimum Gasteiger partial charge on any atom is -0.310 e. The number of rotatable bonds is 7. The highest BCUT2D eigenvalue weighted by Gasteiger charge is 2.46. The predicted molar refractivity (Wildman–Crippen MR) is 277 cm³/mol. The predicted octanol–water partition coefficient (Wildman–Crippen LogP) is 17.5.